The molecule has 0 atom stereocenters. The first-order chi connectivity index (χ1) is 15.0. The normalized spacial score (nSPS) is 10.7. The van der Waals surface area contributed by atoms with Gasteiger partial charge in [-0.25, -0.2) is 0 Å². The van der Waals surface area contributed by atoms with Crippen molar-refractivity contribution in [1.82, 2.24) is 5.32 Å². The summed E-state index contributed by atoms with van der Waals surface area (Å²) in [5.41, 5.74) is 0.163. The highest BCUT2D eigenvalue weighted by Crippen LogP contribution is 2.14. The summed E-state index contributed by atoms with van der Waals surface area (Å²) in [6.45, 7) is 2.26. The van der Waals surface area contributed by atoms with E-state index in [9.17, 15) is 19.7 Å². The third-order valence-electron chi connectivity index (χ3n) is 5.60. The van der Waals surface area contributed by atoms with E-state index in [0.717, 1.165) is 19.3 Å². The molecule has 0 aliphatic carbocycles. The number of unbranched alkanes of at least 4 members (excludes halogenated alkanes) is 14. The molecule has 0 saturated heterocycles. The average molecular weight is 433 g/mol. The first-order valence-electron chi connectivity index (χ1n) is 12.1. The summed E-state index contributed by atoms with van der Waals surface area (Å²) < 4.78 is 0. The largest absolute Gasteiger partial charge is 0.292 e. The van der Waals surface area contributed by atoms with Crippen molar-refractivity contribution in [3.05, 3.63) is 39.9 Å². The predicted molar refractivity (Wildman–Crippen MR) is 125 cm³/mol. The molecule has 31 heavy (non-hydrogen) atoms. The Morgan fingerprint density at radius 1 is 0.742 bits per heavy atom. The summed E-state index contributed by atoms with van der Waals surface area (Å²) in [7, 11) is 0. The summed E-state index contributed by atoms with van der Waals surface area (Å²) >= 11 is 0. The van der Waals surface area contributed by atoms with Crippen LogP contribution in [0, 0.1) is 10.1 Å². The zero-order valence-electron chi connectivity index (χ0n) is 19.2. The number of imide groups is 1. The van der Waals surface area contributed by atoms with Crippen LogP contribution in [0.5, 0.6) is 0 Å². The lowest BCUT2D eigenvalue weighted by Gasteiger charge is -2.05. The number of rotatable bonds is 18. The molecule has 0 aliphatic rings. The molecule has 0 fully saturated rings. The van der Waals surface area contributed by atoms with Gasteiger partial charge in [0.1, 0.15) is 0 Å². The van der Waals surface area contributed by atoms with Crippen LogP contribution in [-0.4, -0.2) is 16.7 Å². The summed E-state index contributed by atoms with van der Waals surface area (Å²) in [4.78, 5) is 34.0. The van der Waals surface area contributed by atoms with E-state index in [1.165, 1.54) is 101 Å². The highest BCUT2D eigenvalue weighted by atomic mass is 16.6. The summed E-state index contributed by atoms with van der Waals surface area (Å²) in [6.07, 6.45) is 19.4. The third kappa shape index (κ3) is 13.6. The number of nitrogens with one attached hydrogen (secondary N) is 1. The van der Waals surface area contributed by atoms with E-state index in [-0.39, 0.29) is 17.2 Å². The number of carbonyl (C=O) groups is 2. The zero-order chi connectivity index (χ0) is 22.7. The molecule has 1 rings (SSSR count). The lowest BCUT2D eigenvalue weighted by Crippen LogP contribution is -2.30. The molecule has 0 saturated carbocycles. The fourth-order valence-corrected chi connectivity index (χ4v) is 3.65. The van der Waals surface area contributed by atoms with Gasteiger partial charge in [0, 0.05) is 24.1 Å². The molecule has 0 radical (unpaired) electrons. The van der Waals surface area contributed by atoms with Gasteiger partial charge in [0.05, 0.1) is 4.92 Å². The Bertz CT molecular complexity index is 643. The fraction of sp³-hybridized carbons (Fsp3) is 0.680. The molecular weight excluding hydrogens is 392 g/mol. The van der Waals surface area contributed by atoms with Gasteiger partial charge in [0.2, 0.25) is 5.91 Å². The number of hydrogen-bond acceptors (Lipinski definition) is 4. The Hall–Kier alpha value is -2.24. The Morgan fingerprint density at radius 2 is 1.16 bits per heavy atom. The maximum Gasteiger partial charge on any atom is 0.269 e. The standard InChI is InChI=1S/C25H40N2O4/c1-2-3-4-5-6-7-8-9-10-11-12-13-14-15-16-17-24(28)26-25(29)22-18-20-23(21-19-22)27(30)31/h18-21H,2-17H2,1H3,(H,26,28,29). The van der Waals surface area contributed by atoms with Gasteiger partial charge >= 0.3 is 0 Å². The van der Waals surface area contributed by atoms with Crippen LogP contribution in [0.4, 0.5) is 5.69 Å². The first-order valence-corrected chi connectivity index (χ1v) is 12.1. The van der Waals surface area contributed by atoms with Crippen molar-refractivity contribution >= 4 is 17.5 Å². The molecule has 1 aromatic carbocycles. The van der Waals surface area contributed by atoms with Gasteiger partial charge in [-0.1, -0.05) is 96.8 Å². The van der Waals surface area contributed by atoms with E-state index in [1.807, 2.05) is 0 Å². The molecule has 0 unspecified atom stereocenters. The van der Waals surface area contributed by atoms with E-state index in [4.69, 9.17) is 0 Å². The zero-order valence-corrected chi connectivity index (χ0v) is 19.2. The Kier molecular flexibility index (Phi) is 15.1. The predicted octanol–water partition coefficient (Wildman–Crippen LogP) is 7.11. The van der Waals surface area contributed by atoms with Crippen LogP contribution < -0.4 is 5.32 Å². The van der Waals surface area contributed by atoms with Crippen molar-refractivity contribution < 1.29 is 14.5 Å². The second kappa shape index (κ2) is 17.4. The van der Waals surface area contributed by atoms with Crippen LogP contribution in [0.3, 0.4) is 0 Å². The number of hydrogen-bond donors (Lipinski definition) is 1. The molecule has 0 heterocycles. The molecule has 174 valence electrons. The Morgan fingerprint density at radius 3 is 1.58 bits per heavy atom. The summed E-state index contributed by atoms with van der Waals surface area (Å²) in [5.74, 6) is -0.807. The third-order valence-corrected chi connectivity index (χ3v) is 5.60. The van der Waals surface area contributed by atoms with E-state index >= 15 is 0 Å². The van der Waals surface area contributed by atoms with Gasteiger partial charge < -0.3 is 0 Å². The summed E-state index contributed by atoms with van der Waals surface area (Å²) in [6, 6.07) is 5.23. The molecule has 6 heteroatoms. The van der Waals surface area contributed by atoms with Crippen LogP contribution in [0.15, 0.2) is 24.3 Å². The number of amides is 2. The highest BCUT2D eigenvalue weighted by Gasteiger charge is 2.12. The van der Waals surface area contributed by atoms with E-state index in [0.29, 0.717) is 6.42 Å². The summed E-state index contributed by atoms with van der Waals surface area (Å²) in [5, 5.41) is 13.0. The molecule has 6 nitrogen and oxygen atoms in total. The van der Waals surface area contributed by atoms with Gasteiger partial charge in [-0.3, -0.25) is 25.0 Å². The molecule has 0 bridgehead atoms. The molecule has 0 aliphatic heterocycles. The van der Waals surface area contributed by atoms with Crippen LogP contribution in [0.1, 0.15) is 120 Å². The van der Waals surface area contributed by atoms with E-state index in [1.54, 1.807) is 0 Å². The van der Waals surface area contributed by atoms with Crippen molar-refractivity contribution in [2.75, 3.05) is 0 Å². The smallest absolute Gasteiger partial charge is 0.269 e. The maximum atomic E-state index is 12.0. The molecular formula is C25H40N2O4. The molecule has 0 spiro atoms. The number of non-ortho nitro benzene ring substituents is 1. The number of nitro groups is 1. The van der Waals surface area contributed by atoms with Gasteiger partial charge in [0.15, 0.2) is 0 Å². The van der Waals surface area contributed by atoms with E-state index < -0.39 is 10.8 Å². The number of benzene rings is 1. The second-order valence-electron chi connectivity index (χ2n) is 8.38. The van der Waals surface area contributed by atoms with Crippen molar-refractivity contribution in [2.45, 2.75) is 110 Å². The van der Waals surface area contributed by atoms with Gasteiger partial charge in [-0.05, 0) is 18.6 Å². The fourth-order valence-electron chi connectivity index (χ4n) is 3.65. The van der Waals surface area contributed by atoms with Crippen LogP contribution >= 0.6 is 0 Å². The number of nitro benzene ring substituents is 1. The number of nitrogens with zero attached hydrogens (tertiary/aromatic N) is 1. The number of carbonyl (C=O) groups excluding carboxylic acids is 2. The molecule has 1 N–H and O–H groups in total. The van der Waals surface area contributed by atoms with Crippen LogP contribution in [0.2, 0.25) is 0 Å². The molecule has 0 aromatic heterocycles. The van der Waals surface area contributed by atoms with Crippen molar-refractivity contribution in [1.29, 1.82) is 0 Å². The topological polar surface area (TPSA) is 89.3 Å². The van der Waals surface area contributed by atoms with Crippen LogP contribution in [0.25, 0.3) is 0 Å². The SMILES string of the molecule is CCCCCCCCCCCCCCCCCC(=O)NC(=O)c1ccc([N+](=O)[O-])cc1. The quantitative estimate of drug-likeness (QED) is 0.152. The monoisotopic (exact) mass is 432 g/mol. The minimum absolute atomic E-state index is 0.0827. The second-order valence-corrected chi connectivity index (χ2v) is 8.38. The van der Waals surface area contributed by atoms with Crippen molar-refractivity contribution in [3.8, 4) is 0 Å². The lowest BCUT2D eigenvalue weighted by molar-refractivity contribution is -0.384. The van der Waals surface area contributed by atoms with Gasteiger partial charge in [0.25, 0.3) is 11.6 Å². The van der Waals surface area contributed by atoms with E-state index in [2.05, 4.69) is 12.2 Å². The Balaban J connectivity index is 1.94. The van der Waals surface area contributed by atoms with Crippen molar-refractivity contribution in [3.63, 3.8) is 0 Å². The Labute approximate surface area is 187 Å². The average Bonchev–Trinajstić information content (AvgIpc) is 2.76. The maximum absolute atomic E-state index is 12.0. The van der Waals surface area contributed by atoms with Crippen molar-refractivity contribution in [2.24, 2.45) is 0 Å². The van der Waals surface area contributed by atoms with Crippen LogP contribution in [-0.2, 0) is 4.79 Å². The highest BCUT2D eigenvalue weighted by molar-refractivity contribution is 6.04. The van der Waals surface area contributed by atoms with Gasteiger partial charge in [-0.15, -0.1) is 0 Å². The molecule has 2 amide bonds. The first kappa shape index (κ1) is 26.8. The molecule has 1 aromatic rings. The van der Waals surface area contributed by atoms with Gasteiger partial charge in [-0.2, -0.15) is 0 Å². The lowest BCUT2D eigenvalue weighted by atomic mass is 10.0. The minimum atomic E-state index is -0.524. The minimum Gasteiger partial charge on any atom is -0.292 e.